The lowest BCUT2D eigenvalue weighted by molar-refractivity contribution is 0.0697. The van der Waals surface area contributed by atoms with Gasteiger partial charge < -0.3 is 15.7 Å². The number of carboxylic acids is 1. The maximum Gasteiger partial charge on any atom is 0.335 e. The normalized spacial score (nSPS) is 19.6. The van der Waals surface area contributed by atoms with E-state index >= 15 is 0 Å². The predicted molar refractivity (Wildman–Crippen MR) is 103 cm³/mol. The molecule has 1 aliphatic rings. The number of carboxylic acid groups (broad SMARTS) is 1. The zero-order chi connectivity index (χ0) is 19.2. The monoisotopic (exact) mass is 367 g/mol. The molecule has 3 rings (SSSR count). The molecule has 3 N–H and O–H groups in total. The van der Waals surface area contributed by atoms with Gasteiger partial charge in [-0.15, -0.1) is 0 Å². The van der Waals surface area contributed by atoms with Gasteiger partial charge in [0.15, 0.2) is 0 Å². The molecule has 2 aromatic carbocycles. The van der Waals surface area contributed by atoms with Crippen molar-refractivity contribution < 1.29 is 14.7 Å². The molecule has 0 bridgehead atoms. The van der Waals surface area contributed by atoms with Crippen molar-refractivity contribution in [2.75, 3.05) is 6.54 Å². The fraction of sp³-hybridized carbons (Fsp3) is 0.333. The van der Waals surface area contributed by atoms with E-state index in [4.69, 9.17) is 5.11 Å². The summed E-state index contributed by atoms with van der Waals surface area (Å²) in [6.07, 6.45) is 0.925. The van der Waals surface area contributed by atoms with Crippen molar-refractivity contribution in [3.05, 3.63) is 71.3 Å². The number of hydrogen-bond acceptors (Lipinski definition) is 3. The molecule has 1 heterocycles. The summed E-state index contributed by atoms with van der Waals surface area (Å²) in [6.45, 7) is 4.35. The van der Waals surface area contributed by atoms with Gasteiger partial charge in [0.25, 0.3) is 0 Å². The zero-order valence-electron chi connectivity index (χ0n) is 15.4. The van der Waals surface area contributed by atoms with Crippen LogP contribution < -0.4 is 10.6 Å². The van der Waals surface area contributed by atoms with Gasteiger partial charge in [-0.2, -0.15) is 0 Å². The molecule has 1 saturated heterocycles. The first-order chi connectivity index (χ1) is 13.0. The molecule has 0 aromatic heterocycles. The Balaban J connectivity index is 1.46. The summed E-state index contributed by atoms with van der Waals surface area (Å²) in [5.74, 6) is -0.956. The predicted octanol–water partition coefficient (Wildman–Crippen LogP) is 2.85. The SMILES string of the molecule is CC1C(NC(=O)NCc2ccc(C(=O)O)cc2)CCN1Cc1ccccc1. The van der Waals surface area contributed by atoms with Crippen molar-refractivity contribution in [3.63, 3.8) is 0 Å². The molecular formula is C21H25N3O3. The average molecular weight is 367 g/mol. The number of nitrogens with zero attached hydrogens (tertiary/aromatic N) is 1. The standard InChI is InChI=1S/C21H25N3O3/c1-15-19(11-12-24(15)14-17-5-3-2-4-6-17)23-21(27)22-13-16-7-9-18(10-8-16)20(25)26/h2-10,15,19H,11-14H2,1H3,(H,25,26)(H2,22,23,27). The second kappa shape index (κ2) is 8.68. The van der Waals surface area contributed by atoms with Crippen molar-refractivity contribution in [1.82, 2.24) is 15.5 Å². The zero-order valence-corrected chi connectivity index (χ0v) is 15.4. The van der Waals surface area contributed by atoms with Crippen LogP contribution in [0.15, 0.2) is 54.6 Å². The summed E-state index contributed by atoms with van der Waals surface area (Å²) in [4.78, 5) is 25.5. The van der Waals surface area contributed by atoms with E-state index in [0.717, 1.165) is 25.1 Å². The highest BCUT2D eigenvalue weighted by Crippen LogP contribution is 2.20. The van der Waals surface area contributed by atoms with Crippen molar-refractivity contribution in [3.8, 4) is 0 Å². The first-order valence-electron chi connectivity index (χ1n) is 9.17. The number of rotatable bonds is 6. The first kappa shape index (κ1) is 18.9. The van der Waals surface area contributed by atoms with Crippen LogP contribution in [0.3, 0.4) is 0 Å². The van der Waals surface area contributed by atoms with E-state index in [-0.39, 0.29) is 23.7 Å². The summed E-state index contributed by atoms with van der Waals surface area (Å²) in [5, 5.41) is 14.8. The maximum atomic E-state index is 12.2. The fourth-order valence-electron chi connectivity index (χ4n) is 3.40. The number of aromatic carboxylic acids is 1. The minimum Gasteiger partial charge on any atom is -0.478 e. The maximum absolute atomic E-state index is 12.2. The number of amides is 2. The topological polar surface area (TPSA) is 81.7 Å². The molecule has 2 aromatic rings. The Kier molecular flexibility index (Phi) is 6.08. The van der Waals surface area contributed by atoms with Crippen LogP contribution in [0.4, 0.5) is 4.79 Å². The minimum atomic E-state index is -0.956. The van der Waals surface area contributed by atoms with E-state index in [2.05, 4.69) is 34.6 Å². The van der Waals surface area contributed by atoms with Gasteiger partial charge in [-0.1, -0.05) is 42.5 Å². The van der Waals surface area contributed by atoms with Gasteiger partial charge in [0.2, 0.25) is 0 Å². The summed E-state index contributed by atoms with van der Waals surface area (Å²) in [7, 11) is 0. The highest BCUT2D eigenvalue weighted by atomic mass is 16.4. The van der Waals surface area contributed by atoms with E-state index in [1.807, 2.05) is 18.2 Å². The van der Waals surface area contributed by atoms with Crippen LogP contribution in [-0.4, -0.2) is 40.6 Å². The minimum absolute atomic E-state index is 0.114. The second-order valence-electron chi connectivity index (χ2n) is 6.92. The van der Waals surface area contributed by atoms with Gasteiger partial charge in [0.05, 0.1) is 5.56 Å². The highest BCUT2D eigenvalue weighted by molar-refractivity contribution is 5.87. The number of urea groups is 1. The average Bonchev–Trinajstić information content (AvgIpc) is 3.01. The lowest BCUT2D eigenvalue weighted by Gasteiger charge is -2.25. The molecule has 1 aliphatic heterocycles. The van der Waals surface area contributed by atoms with Crippen LogP contribution in [0.5, 0.6) is 0 Å². The number of carbonyl (C=O) groups excluding carboxylic acids is 1. The number of benzene rings is 2. The summed E-state index contributed by atoms with van der Waals surface area (Å²) in [6, 6.07) is 17.0. The van der Waals surface area contributed by atoms with E-state index < -0.39 is 5.97 Å². The Bertz CT molecular complexity index is 777. The number of likely N-dealkylation sites (tertiary alicyclic amines) is 1. The molecule has 6 heteroatoms. The van der Waals surface area contributed by atoms with Crippen LogP contribution in [-0.2, 0) is 13.1 Å². The van der Waals surface area contributed by atoms with E-state index in [0.29, 0.717) is 6.54 Å². The van der Waals surface area contributed by atoms with Crippen LogP contribution in [0.1, 0.15) is 34.8 Å². The highest BCUT2D eigenvalue weighted by Gasteiger charge is 2.31. The van der Waals surface area contributed by atoms with E-state index in [1.54, 1.807) is 12.1 Å². The molecule has 6 nitrogen and oxygen atoms in total. The smallest absolute Gasteiger partial charge is 0.335 e. The van der Waals surface area contributed by atoms with Gasteiger partial charge in [0, 0.05) is 31.7 Å². The summed E-state index contributed by atoms with van der Waals surface area (Å²) in [5.41, 5.74) is 2.38. The molecule has 27 heavy (non-hydrogen) atoms. The molecule has 1 fully saturated rings. The Hall–Kier alpha value is -2.86. The van der Waals surface area contributed by atoms with Gasteiger partial charge in [-0.25, -0.2) is 9.59 Å². The third-order valence-electron chi connectivity index (χ3n) is 5.08. The van der Waals surface area contributed by atoms with Gasteiger partial charge in [-0.05, 0) is 36.6 Å². The fourth-order valence-corrected chi connectivity index (χ4v) is 3.40. The number of hydrogen-bond donors (Lipinski definition) is 3. The van der Waals surface area contributed by atoms with Crippen LogP contribution >= 0.6 is 0 Å². The summed E-state index contributed by atoms with van der Waals surface area (Å²) < 4.78 is 0. The lowest BCUT2D eigenvalue weighted by atomic mass is 10.1. The van der Waals surface area contributed by atoms with Crippen LogP contribution in [0, 0.1) is 0 Å². The van der Waals surface area contributed by atoms with E-state index in [1.165, 1.54) is 17.7 Å². The number of nitrogens with one attached hydrogen (secondary N) is 2. The molecule has 142 valence electrons. The third-order valence-corrected chi connectivity index (χ3v) is 5.08. The molecule has 0 radical (unpaired) electrons. The van der Waals surface area contributed by atoms with Crippen molar-refractivity contribution in [1.29, 1.82) is 0 Å². The summed E-state index contributed by atoms with van der Waals surface area (Å²) >= 11 is 0. The third kappa shape index (κ3) is 5.08. The molecule has 0 aliphatic carbocycles. The Morgan fingerprint density at radius 2 is 1.78 bits per heavy atom. The number of carbonyl (C=O) groups is 2. The molecule has 2 amide bonds. The largest absolute Gasteiger partial charge is 0.478 e. The molecule has 0 saturated carbocycles. The van der Waals surface area contributed by atoms with Crippen molar-refractivity contribution in [2.24, 2.45) is 0 Å². The lowest BCUT2D eigenvalue weighted by Crippen LogP contribution is -2.47. The van der Waals surface area contributed by atoms with Gasteiger partial charge in [0.1, 0.15) is 0 Å². The second-order valence-corrected chi connectivity index (χ2v) is 6.92. The molecule has 0 spiro atoms. The Labute approximate surface area is 159 Å². The van der Waals surface area contributed by atoms with Crippen molar-refractivity contribution >= 4 is 12.0 Å². The Morgan fingerprint density at radius 3 is 2.44 bits per heavy atom. The first-order valence-corrected chi connectivity index (χ1v) is 9.17. The van der Waals surface area contributed by atoms with Gasteiger partial charge >= 0.3 is 12.0 Å². The van der Waals surface area contributed by atoms with Crippen LogP contribution in [0.25, 0.3) is 0 Å². The Morgan fingerprint density at radius 1 is 1.07 bits per heavy atom. The quantitative estimate of drug-likeness (QED) is 0.733. The molecule has 2 unspecified atom stereocenters. The van der Waals surface area contributed by atoms with Crippen LogP contribution in [0.2, 0.25) is 0 Å². The van der Waals surface area contributed by atoms with Crippen molar-refractivity contribution in [2.45, 2.75) is 38.5 Å². The molecular weight excluding hydrogens is 342 g/mol. The van der Waals surface area contributed by atoms with Gasteiger partial charge in [-0.3, -0.25) is 4.90 Å². The molecule has 2 atom stereocenters. The van der Waals surface area contributed by atoms with E-state index in [9.17, 15) is 9.59 Å².